The summed E-state index contributed by atoms with van der Waals surface area (Å²) in [5.74, 6) is 0.716. The van der Waals surface area contributed by atoms with Crippen molar-refractivity contribution in [3.05, 3.63) is 36.7 Å². The maximum absolute atomic E-state index is 4.59. The second-order valence-electron chi connectivity index (χ2n) is 5.72. The number of unbranched alkanes of at least 4 members (excludes halogenated alkanes) is 1. The van der Waals surface area contributed by atoms with Crippen LogP contribution in [0.1, 0.15) is 25.6 Å². The van der Waals surface area contributed by atoms with E-state index < -0.39 is 0 Å². The molecule has 0 aliphatic carbocycles. The molecular formula is C17H18N6. The summed E-state index contributed by atoms with van der Waals surface area (Å²) in [5.41, 5.74) is 5.60. The number of nitrogens with one attached hydrogen (secondary N) is 1. The fourth-order valence-corrected chi connectivity index (χ4v) is 2.87. The molecule has 0 bridgehead atoms. The molecule has 0 aliphatic rings. The molecule has 6 heteroatoms. The van der Waals surface area contributed by atoms with Crippen LogP contribution in [0.4, 0.5) is 0 Å². The predicted octanol–water partition coefficient (Wildman–Crippen LogP) is 3.48. The Morgan fingerprint density at radius 3 is 2.96 bits per heavy atom. The third-order valence-corrected chi connectivity index (χ3v) is 4.04. The third kappa shape index (κ3) is 2.36. The molecule has 0 atom stereocenters. The molecular weight excluding hydrogens is 288 g/mol. The second-order valence-corrected chi connectivity index (χ2v) is 5.72. The lowest BCUT2D eigenvalue weighted by Crippen LogP contribution is -1.96. The lowest BCUT2D eigenvalue weighted by atomic mass is 10.1. The fourth-order valence-electron chi connectivity index (χ4n) is 2.87. The molecule has 4 aromatic rings. The molecule has 0 spiro atoms. The average molecular weight is 306 g/mol. The zero-order chi connectivity index (χ0) is 15.8. The minimum Gasteiger partial charge on any atom is -0.341 e. The Kier molecular flexibility index (Phi) is 3.29. The lowest BCUT2D eigenvalue weighted by Gasteiger charge is -2.05. The Balaban J connectivity index is 1.84. The molecule has 0 fully saturated rings. The van der Waals surface area contributed by atoms with Crippen LogP contribution in [0, 0.1) is 6.92 Å². The minimum absolute atomic E-state index is 0.695. The summed E-state index contributed by atoms with van der Waals surface area (Å²) < 4.78 is 2.21. The van der Waals surface area contributed by atoms with Crippen LogP contribution in [-0.2, 0) is 6.54 Å². The van der Waals surface area contributed by atoms with Gasteiger partial charge in [0, 0.05) is 12.1 Å². The summed E-state index contributed by atoms with van der Waals surface area (Å²) in [7, 11) is 0. The van der Waals surface area contributed by atoms with Crippen LogP contribution in [0.15, 0.2) is 30.9 Å². The van der Waals surface area contributed by atoms with Crippen molar-refractivity contribution >= 4 is 22.2 Å². The van der Waals surface area contributed by atoms with Crippen molar-refractivity contribution in [2.24, 2.45) is 0 Å². The molecule has 0 aliphatic heterocycles. The SMILES string of the molecule is CCCCn1cnc2cc(-c3nc(C)nc4nc[nH]c34)ccc21. The minimum atomic E-state index is 0.695. The molecule has 0 amide bonds. The highest BCUT2D eigenvalue weighted by Crippen LogP contribution is 2.27. The van der Waals surface area contributed by atoms with Crippen molar-refractivity contribution in [1.29, 1.82) is 0 Å². The number of aromatic amines is 1. The van der Waals surface area contributed by atoms with Crippen molar-refractivity contribution in [3.8, 4) is 11.3 Å². The summed E-state index contributed by atoms with van der Waals surface area (Å²) in [5, 5.41) is 0. The Morgan fingerprint density at radius 2 is 2.09 bits per heavy atom. The molecule has 0 radical (unpaired) electrons. The molecule has 0 unspecified atom stereocenters. The first-order valence-corrected chi connectivity index (χ1v) is 7.89. The van der Waals surface area contributed by atoms with E-state index in [4.69, 9.17) is 0 Å². The maximum Gasteiger partial charge on any atom is 0.181 e. The average Bonchev–Trinajstić information content (AvgIpc) is 3.18. The highest BCUT2D eigenvalue weighted by molar-refractivity contribution is 5.90. The van der Waals surface area contributed by atoms with E-state index in [2.05, 4.69) is 54.6 Å². The molecule has 6 nitrogen and oxygen atoms in total. The number of hydrogen-bond acceptors (Lipinski definition) is 4. The van der Waals surface area contributed by atoms with Gasteiger partial charge in [-0.05, 0) is 25.5 Å². The Bertz CT molecular complexity index is 981. The summed E-state index contributed by atoms with van der Waals surface area (Å²) in [4.78, 5) is 20.9. The molecule has 3 heterocycles. The Labute approximate surface area is 133 Å². The number of nitrogens with zero attached hydrogens (tertiary/aromatic N) is 5. The maximum atomic E-state index is 4.59. The number of aromatic nitrogens is 6. The lowest BCUT2D eigenvalue weighted by molar-refractivity contribution is 0.646. The second kappa shape index (κ2) is 5.46. The quantitative estimate of drug-likeness (QED) is 0.626. The van der Waals surface area contributed by atoms with E-state index in [-0.39, 0.29) is 0 Å². The first kappa shape index (κ1) is 13.9. The molecule has 4 rings (SSSR count). The van der Waals surface area contributed by atoms with Gasteiger partial charge in [0.15, 0.2) is 5.65 Å². The topological polar surface area (TPSA) is 72.3 Å². The highest BCUT2D eigenvalue weighted by Gasteiger charge is 2.12. The fraction of sp³-hybridized carbons (Fsp3) is 0.294. The number of H-pyrrole nitrogens is 1. The van der Waals surface area contributed by atoms with Crippen LogP contribution in [0.25, 0.3) is 33.5 Å². The zero-order valence-corrected chi connectivity index (χ0v) is 13.2. The van der Waals surface area contributed by atoms with Crippen molar-refractivity contribution < 1.29 is 0 Å². The van der Waals surface area contributed by atoms with E-state index in [1.165, 1.54) is 6.42 Å². The number of imidazole rings is 2. The number of fused-ring (bicyclic) bond motifs is 2. The van der Waals surface area contributed by atoms with Gasteiger partial charge in [0.05, 0.1) is 29.4 Å². The Morgan fingerprint density at radius 1 is 1.17 bits per heavy atom. The molecule has 3 aromatic heterocycles. The summed E-state index contributed by atoms with van der Waals surface area (Å²) in [6, 6.07) is 6.29. The third-order valence-electron chi connectivity index (χ3n) is 4.04. The van der Waals surface area contributed by atoms with Gasteiger partial charge in [-0.15, -0.1) is 0 Å². The summed E-state index contributed by atoms with van der Waals surface area (Å²) in [6.07, 6.45) is 5.91. The monoisotopic (exact) mass is 306 g/mol. The highest BCUT2D eigenvalue weighted by atomic mass is 15.0. The van der Waals surface area contributed by atoms with Crippen LogP contribution in [-0.4, -0.2) is 29.5 Å². The summed E-state index contributed by atoms with van der Waals surface area (Å²) in [6.45, 7) is 5.09. The molecule has 0 saturated carbocycles. The molecule has 1 N–H and O–H groups in total. The van der Waals surface area contributed by atoms with Gasteiger partial charge in [-0.25, -0.2) is 19.9 Å². The van der Waals surface area contributed by atoms with Gasteiger partial charge in [0.2, 0.25) is 0 Å². The number of rotatable bonds is 4. The number of benzene rings is 1. The van der Waals surface area contributed by atoms with Gasteiger partial charge >= 0.3 is 0 Å². The van der Waals surface area contributed by atoms with E-state index >= 15 is 0 Å². The van der Waals surface area contributed by atoms with Crippen molar-refractivity contribution in [3.63, 3.8) is 0 Å². The van der Waals surface area contributed by atoms with Crippen LogP contribution >= 0.6 is 0 Å². The normalized spacial score (nSPS) is 11.6. The van der Waals surface area contributed by atoms with Crippen LogP contribution in [0.3, 0.4) is 0 Å². The van der Waals surface area contributed by atoms with E-state index in [1.54, 1.807) is 6.33 Å². The first-order chi connectivity index (χ1) is 11.3. The standard InChI is InChI=1S/C17H18N6/c1-3-4-7-23-10-20-13-8-12(5-6-14(13)23)15-16-17(19-9-18-16)22-11(2)21-15/h5-6,8-10H,3-4,7H2,1-2H3,(H,18,19,21,22). The Hall–Kier alpha value is -2.76. The zero-order valence-electron chi connectivity index (χ0n) is 13.2. The molecule has 1 aromatic carbocycles. The van der Waals surface area contributed by atoms with Gasteiger partial charge in [-0.2, -0.15) is 0 Å². The van der Waals surface area contributed by atoms with Gasteiger partial charge < -0.3 is 9.55 Å². The largest absolute Gasteiger partial charge is 0.341 e. The molecule has 0 saturated heterocycles. The van der Waals surface area contributed by atoms with E-state index in [0.29, 0.717) is 11.5 Å². The van der Waals surface area contributed by atoms with Gasteiger partial charge in [0.1, 0.15) is 11.3 Å². The van der Waals surface area contributed by atoms with Crippen LogP contribution in [0.2, 0.25) is 0 Å². The van der Waals surface area contributed by atoms with Crippen molar-refractivity contribution in [2.75, 3.05) is 0 Å². The molecule has 23 heavy (non-hydrogen) atoms. The number of aryl methyl sites for hydroxylation is 2. The van der Waals surface area contributed by atoms with E-state index in [9.17, 15) is 0 Å². The first-order valence-electron chi connectivity index (χ1n) is 7.89. The number of hydrogen-bond donors (Lipinski definition) is 1. The summed E-state index contributed by atoms with van der Waals surface area (Å²) >= 11 is 0. The van der Waals surface area contributed by atoms with Crippen molar-refractivity contribution in [1.82, 2.24) is 29.5 Å². The predicted molar refractivity (Wildman–Crippen MR) is 90.1 cm³/mol. The van der Waals surface area contributed by atoms with Crippen LogP contribution in [0.5, 0.6) is 0 Å². The smallest absolute Gasteiger partial charge is 0.181 e. The van der Waals surface area contributed by atoms with E-state index in [0.717, 1.165) is 40.8 Å². The van der Waals surface area contributed by atoms with Gasteiger partial charge in [0.25, 0.3) is 0 Å². The van der Waals surface area contributed by atoms with Gasteiger partial charge in [-0.1, -0.05) is 19.4 Å². The van der Waals surface area contributed by atoms with E-state index in [1.807, 2.05) is 13.3 Å². The van der Waals surface area contributed by atoms with Gasteiger partial charge in [-0.3, -0.25) is 0 Å². The van der Waals surface area contributed by atoms with Crippen LogP contribution < -0.4 is 0 Å². The molecule has 116 valence electrons. The van der Waals surface area contributed by atoms with Crippen molar-refractivity contribution in [2.45, 2.75) is 33.2 Å².